The third-order valence-electron chi connectivity index (χ3n) is 12.3. The van der Waals surface area contributed by atoms with Gasteiger partial charge in [0.1, 0.15) is 10.6 Å². The van der Waals surface area contributed by atoms with Crippen molar-refractivity contribution in [3.63, 3.8) is 0 Å². The second-order valence-corrected chi connectivity index (χ2v) is 19.6. The first-order valence-electron chi connectivity index (χ1n) is 17.4. The maximum absolute atomic E-state index is 6.32. The molecule has 2 nitrogen and oxygen atoms in total. The Hall–Kier alpha value is -4.48. The third-order valence-corrected chi connectivity index (χ3v) is 21.3. The van der Waals surface area contributed by atoms with Gasteiger partial charge in [0.05, 0.1) is 10.3 Å². The van der Waals surface area contributed by atoms with E-state index in [1.54, 1.807) is 0 Å². The largest absolute Gasteiger partial charge is 0.271 e. The molecule has 8 atom stereocenters. The number of hydrogen-bond acceptors (Lipinski definition) is 2. The molecule has 0 saturated carbocycles. The number of rotatable bonds is 6. The van der Waals surface area contributed by atoms with Crippen molar-refractivity contribution >= 4 is 27.3 Å². The zero-order valence-electron chi connectivity index (χ0n) is 27.0. The van der Waals surface area contributed by atoms with E-state index in [9.17, 15) is 0 Å². The molecular weight excluding hydrogens is 630 g/mol. The van der Waals surface area contributed by atoms with Crippen molar-refractivity contribution in [2.24, 2.45) is 21.8 Å². The molecule has 0 spiro atoms. The van der Waals surface area contributed by atoms with Gasteiger partial charge in [-0.15, -0.1) is 0 Å². The van der Waals surface area contributed by atoms with Crippen molar-refractivity contribution < 1.29 is 0 Å². The number of nitrogens with zero attached hydrogens (tertiary/aromatic N) is 2. The van der Waals surface area contributed by atoms with Crippen molar-refractivity contribution in [3.8, 4) is 0 Å². The smallest absolute Gasteiger partial charge is 0.120 e. The first-order chi connectivity index (χ1) is 24.3. The van der Waals surface area contributed by atoms with Gasteiger partial charge in [0.15, 0.2) is 0 Å². The fraction of sp³-hybridized carbons (Fsp3) is 0.156. The second kappa shape index (κ2) is 10.0. The van der Waals surface area contributed by atoms with Gasteiger partial charge in [-0.25, -0.2) is 0 Å². The summed E-state index contributed by atoms with van der Waals surface area (Å²) in [6, 6.07) is 68.6. The van der Waals surface area contributed by atoms with Crippen molar-refractivity contribution in [1.29, 1.82) is 0 Å². The van der Waals surface area contributed by atoms with E-state index in [-0.39, 0.29) is 22.1 Å². The topological polar surface area (TPSA) is 24.7 Å². The molecule has 4 saturated heterocycles. The summed E-state index contributed by atoms with van der Waals surface area (Å²) < 4.78 is 0. The molecule has 8 aliphatic heterocycles. The Labute approximate surface area is 290 Å². The van der Waals surface area contributed by atoms with Gasteiger partial charge in [0.2, 0.25) is 0 Å². The molecule has 6 aromatic carbocycles. The Morgan fingerprint density at radius 1 is 0.367 bits per heavy atom. The maximum Gasteiger partial charge on any atom is 0.120 e. The monoisotopic (exact) mass is 664 g/mol. The predicted octanol–water partition coefficient (Wildman–Crippen LogP) is 10.7. The van der Waals surface area contributed by atoms with E-state index < -0.39 is 26.4 Å². The van der Waals surface area contributed by atoms with Crippen LogP contribution in [0.15, 0.2) is 192 Å². The maximum atomic E-state index is 6.32. The lowest BCUT2D eigenvalue weighted by Gasteiger charge is -2.79. The molecule has 4 fully saturated rings. The molecule has 6 aromatic rings. The molecular formula is C45H34N2P2. The Balaban J connectivity index is 1.40. The minimum atomic E-state index is -0.747. The summed E-state index contributed by atoms with van der Waals surface area (Å²) in [7, 11) is -1.49. The molecule has 8 bridgehead atoms. The Morgan fingerprint density at radius 2 is 0.653 bits per heavy atom. The SMILES string of the molecule is c1ccc(C2=NC3(c4ccccc4)P4CP5C6(c7ccccc7)N=C(c7ccccc7)C(C2C46c2ccccc2)C53c2ccccc2)cc1. The average molecular weight is 665 g/mol. The van der Waals surface area contributed by atoms with Crippen molar-refractivity contribution in [2.75, 3.05) is 5.90 Å². The van der Waals surface area contributed by atoms with Crippen molar-refractivity contribution in [2.45, 2.75) is 20.9 Å². The van der Waals surface area contributed by atoms with Gasteiger partial charge >= 0.3 is 0 Å². The van der Waals surface area contributed by atoms with Crippen LogP contribution in [-0.2, 0) is 20.9 Å². The van der Waals surface area contributed by atoms with Gasteiger partial charge in [-0.3, -0.25) is 9.98 Å². The van der Waals surface area contributed by atoms with Crippen LogP contribution in [-0.4, -0.2) is 17.3 Å². The van der Waals surface area contributed by atoms with E-state index in [1.165, 1.54) is 50.7 Å². The van der Waals surface area contributed by atoms with Crippen LogP contribution in [0.3, 0.4) is 0 Å². The van der Waals surface area contributed by atoms with Crippen molar-refractivity contribution in [1.82, 2.24) is 0 Å². The molecule has 49 heavy (non-hydrogen) atoms. The second-order valence-electron chi connectivity index (χ2n) is 14.0. The molecule has 4 heteroatoms. The Kier molecular flexibility index (Phi) is 5.81. The molecule has 0 amide bonds. The summed E-state index contributed by atoms with van der Waals surface area (Å²) in [5, 5.41) is -1.27. The summed E-state index contributed by atoms with van der Waals surface area (Å²) in [6.07, 6.45) is 0. The molecule has 8 aliphatic rings. The van der Waals surface area contributed by atoms with Gasteiger partial charge in [-0.1, -0.05) is 198 Å². The van der Waals surface area contributed by atoms with Gasteiger partial charge < -0.3 is 0 Å². The summed E-state index contributed by atoms with van der Waals surface area (Å²) in [5.74, 6) is 1.51. The summed E-state index contributed by atoms with van der Waals surface area (Å²) >= 11 is 0. The highest BCUT2D eigenvalue weighted by Crippen LogP contribution is 3.10. The van der Waals surface area contributed by atoms with E-state index in [1.807, 2.05) is 0 Å². The Morgan fingerprint density at radius 3 is 0.980 bits per heavy atom. The molecule has 8 heterocycles. The van der Waals surface area contributed by atoms with Gasteiger partial charge in [0, 0.05) is 23.3 Å². The number of aliphatic imine (C=N–C) groups is 2. The normalized spacial score (nSPS) is 34.2. The van der Waals surface area contributed by atoms with Crippen LogP contribution in [0.1, 0.15) is 33.4 Å². The fourth-order valence-electron chi connectivity index (χ4n) is 11.0. The van der Waals surface area contributed by atoms with Crippen LogP contribution in [0.4, 0.5) is 0 Å². The van der Waals surface area contributed by atoms with Crippen LogP contribution in [0.2, 0.25) is 0 Å². The minimum absolute atomic E-state index is 0.156. The van der Waals surface area contributed by atoms with Crippen LogP contribution in [0, 0.1) is 11.8 Å². The molecule has 8 unspecified atom stereocenters. The van der Waals surface area contributed by atoms with Gasteiger partial charge in [-0.05, 0) is 39.3 Å². The van der Waals surface area contributed by atoms with Crippen molar-refractivity contribution in [3.05, 3.63) is 215 Å². The third kappa shape index (κ3) is 3.10. The average Bonchev–Trinajstić information content (AvgIpc) is 3.69. The number of benzene rings is 6. The lowest BCUT2D eigenvalue weighted by molar-refractivity contribution is 0.144. The van der Waals surface area contributed by atoms with E-state index in [4.69, 9.17) is 9.98 Å². The molecule has 0 N–H and O–H groups in total. The lowest BCUT2D eigenvalue weighted by Crippen LogP contribution is -2.77. The van der Waals surface area contributed by atoms with Crippen LogP contribution >= 0.6 is 15.8 Å². The number of hydrogen-bond donors (Lipinski definition) is 0. The predicted molar refractivity (Wildman–Crippen MR) is 204 cm³/mol. The quantitative estimate of drug-likeness (QED) is 0.158. The molecule has 14 rings (SSSR count). The zero-order chi connectivity index (χ0) is 32.3. The molecule has 0 aromatic heterocycles. The minimum Gasteiger partial charge on any atom is -0.271 e. The van der Waals surface area contributed by atoms with E-state index in [2.05, 4.69) is 182 Å². The standard InChI is InChI=1S/C45H34N2P2/c1-7-19-32(20-8-1)40-38-39-41(33-21-9-2-10-22-33)47-45(37-29-17-6-18-30-37)42(38,34-23-11-3-12-24-34)48-31-49(45)43(39,35-25-13-4-14-26-35)44(48,46-40)36-27-15-5-16-28-36/h1-30,38-39H,31H2. The van der Waals surface area contributed by atoms with E-state index in [0.29, 0.717) is 0 Å². The zero-order valence-corrected chi connectivity index (χ0v) is 28.8. The molecule has 0 aliphatic carbocycles. The lowest BCUT2D eigenvalue weighted by atomic mass is 9.54. The van der Waals surface area contributed by atoms with Gasteiger partial charge in [-0.2, -0.15) is 0 Å². The fourth-order valence-corrected chi connectivity index (χ4v) is 24.0. The Bertz CT molecular complexity index is 2120. The highest BCUT2D eigenvalue weighted by atomic mass is 31.2. The summed E-state index contributed by atoms with van der Waals surface area (Å²) in [4.78, 5) is 12.6. The summed E-state index contributed by atoms with van der Waals surface area (Å²) in [6.45, 7) is 0. The highest BCUT2D eigenvalue weighted by Gasteiger charge is 2.95. The van der Waals surface area contributed by atoms with Gasteiger partial charge in [0.25, 0.3) is 0 Å². The van der Waals surface area contributed by atoms with E-state index in [0.717, 1.165) is 0 Å². The van der Waals surface area contributed by atoms with Crippen LogP contribution < -0.4 is 0 Å². The first kappa shape index (κ1) is 28.4. The highest BCUT2D eigenvalue weighted by molar-refractivity contribution is 7.85. The molecule has 234 valence electrons. The summed E-state index contributed by atoms with van der Waals surface area (Å²) in [5.41, 5.74) is 10.7. The van der Waals surface area contributed by atoms with Crippen LogP contribution in [0.25, 0.3) is 0 Å². The first-order valence-corrected chi connectivity index (χ1v) is 20.4. The molecule has 0 radical (unpaired) electrons. The van der Waals surface area contributed by atoms with Crippen LogP contribution in [0.5, 0.6) is 0 Å². The van der Waals surface area contributed by atoms with E-state index >= 15 is 0 Å².